The van der Waals surface area contributed by atoms with E-state index in [9.17, 15) is 0 Å². The van der Waals surface area contributed by atoms with Crippen molar-refractivity contribution in [1.29, 1.82) is 0 Å². The maximum atomic E-state index is 5.63. The standard InChI is InChI=1S/C13H19N5O/c14-10-11-1-4-18-12(15-16-13(18)9-11)2-3-17-5-7-19-8-6-17/h1,4,9H,2-3,5-8,10,14H2. The molecule has 19 heavy (non-hydrogen) atoms. The Bertz CT molecular complexity index is 547. The first-order valence-electron chi connectivity index (χ1n) is 6.69. The number of aromatic nitrogens is 3. The Labute approximate surface area is 112 Å². The Hall–Kier alpha value is -1.50. The highest BCUT2D eigenvalue weighted by Crippen LogP contribution is 2.08. The highest BCUT2D eigenvalue weighted by Gasteiger charge is 2.12. The lowest BCUT2D eigenvalue weighted by Gasteiger charge is -2.26. The second kappa shape index (κ2) is 5.64. The van der Waals surface area contributed by atoms with E-state index in [1.54, 1.807) is 0 Å². The zero-order valence-corrected chi connectivity index (χ0v) is 11.0. The number of hydrogen-bond donors (Lipinski definition) is 1. The molecule has 0 bridgehead atoms. The van der Waals surface area contributed by atoms with E-state index in [-0.39, 0.29) is 0 Å². The molecule has 0 amide bonds. The van der Waals surface area contributed by atoms with E-state index < -0.39 is 0 Å². The number of nitrogens with two attached hydrogens (primary N) is 1. The highest BCUT2D eigenvalue weighted by atomic mass is 16.5. The van der Waals surface area contributed by atoms with Crippen LogP contribution in [0.4, 0.5) is 0 Å². The summed E-state index contributed by atoms with van der Waals surface area (Å²) >= 11 is 0. The molecule has 0 aromatic carbocycles. The van der Waals surface area contributed by atoms with Crippen LogP contribution in [0.5, 0.6) is 0 Å². The van der Waals surface area contributed by atoms with Gasteiger partial charge >= 0.3 is 0 Å². The molecule has 0 saturated carbocycles. The summed E-state index contributed by atoms with van der Waals surface area (Å²) in [6.45, 7) is 5.22. The van der Waals surface area contributed by atoms with Gasteiger partial charge in [0.25, 0.3) is 0 Å². The van der Waals surface area contributed by atoms with Crippen LogP contribution in [0.1, 0.15) is 11.4 Å². The molecule has 0 aliphatic carbocycles. The zero-order chi connectivity index (χ0) is 13.1. The minimum absolute atomic E-state index is 0.534. The van der Waals surface area contributed by atoms with Crippen molar-refractivity contribution in [2.24, 2.45) is 5.73 Å². The van der Waals surface area contributed by atoms with Crippen LogP contribution in [0.25, 0.3) is 5.65 Å². The molecule has 2 aromatic rings. The zero-order valence-electron chi connectivity index (χ0n) is 11.0. The summed E-state index contributed by atoms with van der Waals surface area (Å²) in [6.07, 6.45) is 2.91. The van der Waals surface area contributed by atoms with Gasteiger partial charge in [-0.1, -0.05) is 0 Å². The van der Waals surface area contributed by atoms with Crippen LogP contribution < -0.4 is 5.73 Å². The maximum Gasteiger partial charge on any atom is 0.161 e. The van der Waals surface area contributed by atoms with Gasteiger partial charge in [0, 0.05) is 38.8 Å². The molecule has 0 unspecified atom stereocenters. The van der Waals surface area contributed by atoms with Gasteiger partial charge in [-0.15, -0.1) is 10.2 Å². The first-order valence-corrected chi connectivity index (χ1v) is 6.69. The molecular weight excluding hydrogens is 242 g/mol. The Morgan fingerprint density at radius 2 is 2.11 bits per heavy atom. The third kappa shape index (κ3) is 2.75. The van der Waals surface area contributed by atoms with Gasteiger partial charge in [0.05, 0.1) is 13.2 Å². The van der Waals surface area contributed by atoms with E-state index in [2.05, 4.69) is 15.1 Å². The molecule has 1 aliphatic heterocycles. The minimum Gasteiger partial charge on any atom is -0.379 e. The summed E-state index contributed by atoms with van der Waals surface area (Å²) < 4.78 is 7.39. The normalized spacial score (nSPS) is 17.1. The molecule has 3 heterocycles. The Morgan fingerprint density at radius 1 is 1.26 bits per heavy atom. The molecule has 6 nitrogen and oxygen atoms in total. The van der Waals surface area contributed by atoms with E-state index in [0.29, 0.717) is 6.54 Å². The molecule has 2 N–H and O–H groups in total. The maximum absolute atomic E-state index is 5.63. The van der Waals surface area contributed by atoms with Crippen molar-refractivity contribution in [2.45, 2.75) is 13.0 Å². The third-order valence-electron chi connectivity index (χ3n) is 3.54. The smallest absolute Gasteiger partial charge is 0.161 e. The van der Waals surface area contributed by atoms with Gasteiger partial charge < -0.3 is 10.5 Å². The van der Waals surface area contributed by atoms with Gasteiger partial charge in [-0.3, -0.25) is 9.30 Å². The van der Waals surface area contributed by atoms with Gasteiger partial charge in [0.15, 0.2) is 5.65 Å². The molecule has 3 rings (SSSR count). The van der Waals surface area contributed by atoms with E-state index in [4.69, 9.17) is 10.5 Å². The molecule has 1 saturated heterocycles. The molecule has 102 valence electrons. The largest absolute Gasteiger partial charge is 0.379 e. The van der Waals surface area contributed by atoms with Gasteiger partial charge in [0.1, 0.15) is 5.82 Å². The molecule has 6 heteroatoms. The SMILES string of the molecule is NCc1ccn2c(CCN3CCOCC3)nnc2c1. The van der Waals surface area contributed by atoms with Crippen molar-refractivity contribution in [2.75, 3.05) is 32.8 Å². The van der Waals surface area contributed by atoms with Gasteiger partial charge in [-0.05, 0) is 17.7 Å². The average Bonchev–Trinajstić information content (AvgIpc) is 2.88. The molecule has 1 aliphatic rings. The van der Waals surface area contributed by atoms with Gasteiger partial charge in [-0.2, -0.15) is 0 Å². The summed E-state index contributed by atoms with van der Waals surface area (Å²) in [6, 6.07) is 4.01. The molecule has 2 aromatic heterocycles. The summed E-state index contributed by atoms with van der Waals surface area (Å²) in [5.74, 6) is 1.00. The number of morpholine rings is 1. The van der Waals surface area contributed by atoms with Crippen LogP contribution in [0.3, 0.4) is 0 Å². The van der Waals surface area contributed by atoms with Crippen molar-refractivity contribution >= 4 is 5.65 Å². The highest BCUT2D eigenvalue weighted by molar-refractivity contribution is 5.41. The fourth-order valence-corrected chi connectivity index (χ4v) is 2.36. The van der Waals surface area contributed by atoms with Gasteiger partial charge in [0.2, 0.25) is 0 Å². The first-order chi connectivity index (χ1) is 9.36. The number of hydrogen-bond acceptors (Lipinski definition) is 5. The van der Waals surface area contributed by atoms with Crippen molar-refractivity contribution in [1.82, 2.24) is 19.5 Å². The first kappa shape index (κ1) is 12.5. The number of nitrogens with zero attached hydrogens (tertiary/aromatic N) is 4. The summed E-state index contributed by atoms with van der Waals surface area (Å²) in [7, 11) is 0. The topological polar surface area (TPSA) is 68.7 Å². The second-order valence-corrected chi connectivity index (χ2v) is 4.79. The predicted octanol–water partition coefficient (Wildman–Crippen LogP) is 0.0627. The number of pyridine rings is 1. The van der Waals surface area contributed by atoms with Crippen molar-refractivity contribution in [3.05, 3.63) is 29.7 Å². The Kier molecular flexibility index (Phi) is 3.72. The molecular formula is C13H19N5O. The molecule has 0 spiro atoms. The van der Waals surface area contributed by atoms with E-state index in [0.717, 1.165) is 56.3 Å². The van der Waals surface area contributed by atoms with Crippen LogP contribution in [0, 0.1) is 0 Å². The fraction of sp³-hybridized carbons (Fsp3) is 0.538. The summed E-state index contributed by atoms with van der Waals surface area (Å²) in [5, 5.41) is 8.47. The lowest BCUT2D eigenvalue weighted by atomic mass is 10.2. The van der Waals surface area contributed by atoms with E-state index >= 15 is 0 Å². The number of ether oxygens (including phenoxy) is 1. The van der Waals surface area contributed by atoms with E-state index in [1.807, 2.05) is 22.7 Å². The Balaban J connectivity index is 1.70. The summed E-state index contributed by atoms with van der Waals surface area (Å²) in [5.41, 5.74) is 7.59. The lowest BCUT2D eigenvalue weighted by molar-refractivity contribution is 0.0382. The monoisotopic (exact) mass is 261 g/mol. The molecule has 0 atom stereocenters. The minimum atomic E-state index is 0.534. The quantitative estimate of drug-likeness (QED) is 0.843. The van der Waals surface area contributed by atoms with Crippen LogP contribution >= 0.6 is 0 Å². The van der Waals surface area contributed by atoms with Crippen LogP contribution in [0.2, 0.25) is 0 Å². The van der Waals surface area contributed by atoms with Crippen LogP contribution in [0.15, 0.2) is 18.3 Å². The molecule has 0 radical (unpaired) electrons. The van der Waals surface area contributed by atoms with Crippen molar-refractivity contribution in [3.8, 4) is 0 Å². The second-order valence-electron chi connectivity index (χ2n) is 4.79. The van der Waals surface area contributed by atoms with Crippen molar-refractivity contribution in [3.63, 3.8) is 0 Å². The van der Waals surface area contributed by atoms with E-state index in [1.165, 1.54) is 0 Å². The van der Waals surface area contributed by atoms with Crippen molar-refractivity contribution < 1.29 is 4.74 Å². The Morgan fingerprint density at radius 3 is 2.89 bits per heavy atom. The number of rotatable bonds is 4. The predicted molar refractivity (Wildman–Crippen MR) is 71.8 cm³/mol. The third-order valence-corrected chi connectivity index (χ3v) is 3.54. The molecule has 1 fully saturated rings. The number of fused-ring (bicyclic) bond motifs is 1. The van der Waals surface area contributed by atoms with Crippen LogP contribution in [-0.2, 0) is 17.7 Å². The summed E-state index contributed by atoms with van der Waals surface area (Å²) in [4.78, 5) is 2.40. The average molecular weight is 261 g/mol. The van der Waals surface area contributed by atoms with Gasteiger partial charge in [-0.25, -0.2) is 0 Å². The van der Waals surface area contributed by atoms with Crippen LogP contribution in [-0.4, -0.2) is 52.3 Å². The fourth-order valence-electron chi connectivity index (χ4n) is 2.36. The lowest BCUT2D eigenvalue weighted by Crippen LogP contribution is -2.37.